The number of hydrogen-bond acceptors (Lipinski definition) is 2. The Hall–Kier alpha value is -4.18. The van der Waals surface area contributed by atoms with Crippen LogP contribution in [0.2, 0.25) is 0 Å². The molecule has 4 heteroatoms. The van der Waals surface area contributed by atoms with Crippen molar-refractivity contribution in [2.75, 3.05) is 0 Å². The molecule has 0 heterocycles. The second-order valence-electron chi connectivity index (χ2n) is 9.80. The summed E-state index contributed by atoms with van der Waals surface area (Å²) in [4.78, 5) is 25.6. The average Bonchev–Trinajstić information content (AvgIpc) is 2.96. The van der Waals surface area contributed by atoms with E-state index in [1.807, 2.05) is 121 Å². The number of unbranched alkanes of at least 4 members (excludes halogenated alkanes) is 3. The van der Waals surface area contributed by atoms with Crippen molar-refractivity contribution >= 4 is 11.9 Å². The maximum absolute atomic E-state index is 12.8. The lowest BCUT2D eigenvalue weighted by Crippen LogP contribution is -2.37. The van der Waals surface area contributed by atoms with Gasteiger partial charge in [-0.2, -0.15) is 0 Å². The molecule has 0 saturated heterocycles. The Bertz CT molecular complexity index is 1120. The Morgan fingerprint density at radius 3 is 0.868 bits per heavy atom. The molecule has 0 aliphatic heterocycles. The predicted octanol–water partition coefficient (Wildman–Crippen LogP) is 7.47. The van der Waals surface area contributed by atoms with E-state index in [2.05, 4.69) is 0 Å². The van der Waals surface area contributed by atoms with Gasteiger partial charge in [0, 0.05) is 0 Å². The molecular formula is C34H34O4. The Kier molecular flexibility index (Phi) is 8.75. The molecule has 0 unspecified atom stereocenters. The summed E-state index contributed by atoms with van der Waals surface area (Å²) in [6.45, 7) is 0. The van der Waals surface area contributed by atoms with Gasteiger partial charge in [-0.05, 0) is 35.1 Å². The van der Waals surface area contributed by atoms with Gasteiger partial charge in [-0.15, -0.1) is 0 Å². The molecule has 0 fully saturated rings. The SMILES string of the molecule is O=C(O)C(CCCCCCC(C(=O)O)(c1ccccc1)c1ccccc1)(c1ccccc1)c1ccccc1. The van der Waals surface area contributed by atoms with E-state index in [9.17, 15) is 19.8 Å². The standard InChI is InChI=1S/C34H34O4/c35-31(36)33(27-17-7-3-8-18-27,28-19-9-4-10-20-28)25-15-1-2-16-26-34(32(37)38,29-21-11-5-12-22-29)30-23-13-6-14-24-30/h3-14,17-24H,1-2,15-16,25-26H2,(H,35,36)(H,37,38). The number of benzene rings is 4. The van der Waals surface area contributed by atoms with E-state index in [0.29, 0.717) is 25.7 Å². The first-order valence-corrected chi connectivity index (χ1v) is 13.2. The molecule has 0 spiro atoms. The first kappa shape index (κ1) is 26.9. The fourth-order valence-corrected chi connectivity index (χ4v) is 5.64. The van der Waals surface area contributed by atoms with E-state index in [-0.39, 0.29) is 0 Å². The molecule has 4 aromatic rings. The van der Waals surface area contributed by atoms with Gasteiger partial charge in [-0.1, -0.05) is 147 Å². The van der Waals surface area contributed by atoms with Crippen LogP contribution in [0.15, 0.2) is 121 Å². The third-order valence-corrected chi connectivity index (χ3v) is 7.65. The average molecular weight is 507 g/mol. The largest absolute Gasteiger partial charge is 0.480 e. The van der Waals surface area contributed by atoms with Crippen molar-refractivity contribution in [3.63, 3.8) is 0 Å². The highest BCUT2D eigenvalue weighted by molar-refractivity contribution is 5.86. The van der Waals surface area contributed by atoms with Crippen LogP contribution in [-0.2, 0) is 20.4 Å². The van der Waals surface area contributed by atoms with E-state index in [4.69, 9.17) is 0 Å². The third-order valence-electron chi connectivity index (χ3n) is 7.65. The first-order valence-electron chi connectivity index (χ1n) is 13.2. The lowest BCUT2D eigenvalue weighted by molar-refractivity contribution is -0.143. The van der Waals surface area contributed by atoms with Crippen molar-refractivity contribution in [3.05, 3.63) is 144 Å². The highest BCUT2D eigenvalue weighted by Crippen LogP contribution is 2.40. The number of aliphatic carboxylic acids is 2. The Morgan fingerprint density at radius 1 is 0.421 bits per heavy atom. The minimum atomic E-state index is -1.12. The van der Waals surface area contributed by atoms with Crippen molar-refractivity contribution in [1.82, 2.24) is 0 Å². The van der Waals surface area contributed by atoms with Crippen molar-refractivity contribution in [2.45, 2.75) is 49.4 Å². The minimum Gasteiger partial charge on any atom is -0.480 e. The molecular weight excluding hydrogens is 472 g/mol. The van der Waals surface area contributed by atoms with Crippen LogP contribution in [0.4, 0.5) is 0 Å². The number of hydrogen-bond donors (Lipinski definition) is 2. The molecule has 38 heavy (non-hydrogen) atoms. The van der Waals surface area contributed by atoms with Crippen LogP contribution in [-0.4, -0.2) is 22.2 Å². The number of carboxylic acids is 2. The fourth-order valence-electron chi connectivity index (χ4n) is 5.64. The molecule has 194 valence electrons. The highest BCUT2D eigenvalue weighted by atomic mass is 16.4. The molecule has 0 aliphatic carbocycles. The minimum absolute atomic E-state index is 0.470. The summed E-state index contributed by atoms with van der Waals surface area (Å²) in [5.74, 6) is -1.71. The normalized spacial score (nSPS) is 11.7. The number of carboxylic acid groups (broad SMARTS) is 2. The number of carbonyl (C=O) groups is 2. The fraction of sp³-hybridized carbons (Fsp3) is 0.235. The second-order valence-corrected chi connectivity index (χ2v) is 9.80. The van der Waals surface area contributed by atoms with Gasteiger partial charge < -0.3 is 10.2 Å². The van der Waals surface area contributed by atoms with Crippen LogP contribution in [0.1, 0.15) is 60.8 Å². The van der Waals surface area contributed by atoms with Gasteiger partial charge in [0.15, 0.2) is 0 Å². The summed E-state index contributed by atoms with van der Waals surface area (Å²) in [6, 6.07) is 37.8. The van der Waals surface area contributed by atoms with Gasteiger partial charge in [0.05, 0.1) is 0 Å². The lowest BCUT2D eigenvalue weighted by atomic mass is 9.70. The van der Waals surface area contributed by atoms with Crippen LogP contribution >= 0.6 is 0 Å². The Labute approximate surface area is 224 Å². The van der Waals surface area contributed by atoms with E-state index in [1.165, 1.54) is 0 Å². The second kappa shape index (κ2) is 12.4. The third kappa shape index (κ3) is 5.40. The van der Waals surface area contributed by atoms with Crippen LogP contribution < -0.4 is 0 Å². The van der Waals surface area contributed by atoms with Crippen molar-refractivity contribution in [3.8, 4) is 0 Å². The van der Waals surface area contributed by atoms with Crippen LogP contribution in [0.3, 0.4) is 0 Å². The summed E-state index contributed by atoms with van der Waals surface area (Å²) in [7, 11) is 0. The zero-order valence-electron chi connectivity index (χ0n) is 21.5. The zero-order valence-corrected chi connectivity index (χ0v) is 21.5. The zero-order chi connectivity index (χ0) is 26.8. The Morgan fingerprint density at radius 2 is 0.658 bits per heavy atom. The molecule has 0 aliphatic rings. The van der Waals surface area contributed by atoms with Gasteiger partial charge >= 0.3 is 11.9 Å². The monoisotopic (exact) mass is 506 g/mol. The summed E-state index contributed by atoms with van der Waals surface area (Å²) in [6.07, 6.45) is 4.00. The van der Waals surface area contributed by atoms with Crippen molar-refractivity contribution in [1.29, 1.82) is 0 Å². The molecule has 0 amide bonds. The summed E-state index contributed by atoms with van der Waals surface area (Å²) >= 11 is 0. The molecule has 0 saturated carbocycles. The van der Waals surface area contributed by atoms with Gasteiger partial charge in [-0.3, -0.25) is 9.59 Å². The van der Waals surface area contributed by atoms with Gasteiger partial charge in [0.25, 0.3) is 0 Å². The van der Waals surface area contributed by atoms with Gasteiger partial charge in [0.1, 0.15) is 10.8 Å². The van der Waals surface area contributed by atoms with Gasteiger partial charge in [0.2, 0.25) is 0 Å². The smallest absolute Gasteiger partial charge is 0.318 e. The maximum Gasteiger partial charge on any atom is 0.318 e. The van der Waals surface area contributed by atoms with Crippen LogP contribution in [0.5, 0.6) is 0 Å². The molecule has 0 bridgehead atoms. The van der Waals surface area contributed by atoms with Crippen LogP contribution in [0.25, 0.3) is 0 Å². The molecule has 4 aromatic carbocycles. The van der Waals surface area contributed by atoms with E-state index in [1.54, 1.807) is 0 Å². The Balaban J connectivity index is 1.50. The van der Waals surface area contributed by atoms with Crippen LogP contribution in [0, 0.1) is 0 Å². The quantitative estimate of drug-likeness (QED) is 0.185. The van der Waals surface area contributed by atoms with Crippen molar-refractivity contribution in [2.24, 2.45) is 0 Å². The van der Waals surface area contributed by atoms with Gasteiger partial charge in [-0.25, -0.2) is 0 Å². The molecule has 4 rings (SSSR count). The predicted molar refractivity (Wildman–Crippen MR) is 150 cm³/mol. The summed E-state index contributed by atoms with van der Waals surface area (Å²) in [5.41, 5.74) is 0.852. The highest BCUT2D eigenvalue weighted by Gasteiger charge is 2.42. The van der Waals surface area contributed by atoms with E-state index >= 15 is 0 Å². The maximum atomic E-state index is 12.8. The van der Waals surface area contributed by atoms with Crippen molar-refractivity contribution < 1.29 is 19.8 Å². The van der Waals surface area contributed by atoms with E-state index < -0.39 is 22.8 Å². The number of rotatable bonds is 13. The lowest BCUT2D eigenvalue weighted by Gasteiger charge is -2.32. The molecule has 4 nitrogen and oxygen atoms in total. The molecule has 0 aromatic heterocycles. The molecule has 0 radical (unpaired) electrons. The first-order chi connectivity index (χ1) is 18.5. The van der Waals surface area contributed by atoms with E-state index in [0.717, 1.165) is 35.1 Å². The topological polar surface area (TPSA) is 74.6 Å². The summed E-state index contributed by atoms with van der Waals surface area (Å²) in [5, 5.41) is 21.0. The molecule has 2 N–H and O–H groups in total. The molecule has 0 atom stereocenters. The summed E-state index contributed by atoms with van der Waals surface area (Å²) < 4.78 is 0.